The number of nitrogens with two attached hydrogens (primary N) is 1. The lowest BCUT2D eigenvalue weighted by atomic mass is 10.1. The van der Waals surface area contributed by atoms with Crippen molar-refractivity contribution >= 4 is 11.4 Å². The SMILES string of the molecule is CC.Cc1ccc(N(C)Cc2ccccc2)c(C)c1N. The molecule has 108 valence electrons. The topological polar surface area (TPSA) is 29.3 Å². The van der Waals surface area contributed by atoms with E-state index in [-0.39, 0.29) is 0 Å². The number of anilines is 2. The Labute approximate surface area is 123 Å². The molecule has 0 radical (unpaired) electrons. The Morgan fingerprint density at radius 2 is 1.55 bits per heavy atom. The van der Waals surface area contributed by atoms with Crippen LogP contribution in [-0.2, 0) is 6.54 Å². The second-order valence-corrected chi connectivity index (χ2v) is 4.78. The van der Waals surface area contributed by atoms with Crippen LogP contribution >= 0.6 is 0 Å². The molecule has 0 unspecified atom stereocenters. The zero-order valence-electron chi connectivity index (χ0n) is 13.3. The molecule has 0 aliphatic heterocycles. The van der Waals surface area contributed by atoms with Crippen LogP contribution in [0.1, 0.15) is 30.5 Å². The van der Waals surface area contributed by atoms with Crippen LogP contribution in [0.15, 0.2) is 42.5 Å². The molecule has 2 rings (SSSR count). The van der Waals surface area contributed by atoms with Gasteiger partial charge in [-0.15, -0.1) is 0 Å². The average Bonchev–Trinajstić information content (AvgIpc) is 2.48. The Kier molecular flexibility index (Phi) is 6.10. The number of aryl methyl sites for hydroxylation is 1. The zero-order chi connectivity index (χ0) is 15.1. The van der Waals surface area contributed by atoms with Gasteiger partial charge in [0.05, 0.1) is 0 Å². The quantitative estimate of drug-likeness (QED) is 0.829. The van der Waals surface area contributed by atoms with Crippen molar-refractivity contribution in [1.29, 1.82) is 0 Å². The summed E-state index contributed by atoms with van der Waals surface area (Å²) in [4.78, 5) is 2.24. The van der Waals surface area contributed by atoms with Crippen LogP contribution in [-0.4, -0.2) is 7.05 Å². The van der Waals surface area contributed by atoms with Gasteiger partial charge in [0.25, 0.3) is 0 Å². The highest BCUT2D eigenvalue weighted by Gasteiger charge is 2.08. The van der Waals surface area contributed by atoms with Gasteiger partial charge in [0.15, 0.2) is 0 Å². The highest BCUT2D eigenvalue weighted by Crippen LogP contribution is 2.27. The fourth-order valence-corrected chi connectivity index (χ4v) is 2.21. The first-order chi connectivity index (χ1) is 9.59. The van der Waals surface area contributed by atoms with Crippen LogP contribution in [0.5, 0.6) is 0 Å². The monoisotopic (exact) mass is 270 g/mol. The molecule has 0 saturated heterocycles. The second-order valence-electron chi connectivity index (χ2n) is 4.78. The summed E-state index contributed by atoms with van der Waals surface area (Å²) >= 11 is 0. The lowest BCUT2D eigenvalue weighted by Crippen LogP contribution is -2.18. The number of hydrogen-bond donors (Lipinski definition) is 1. The molecule has 2 nitrogen and oxygen atoms in total. The summed E-state index contributed by atoms with van der Waals surface area (Å²) in [5.74, 6) is 0. The lowest BCUT2D eigenvalue weighted by Gasteiger charge is -2.23. The average molecular weight is 270 g/mol. The first kappa shape index (κ1) is 16.1. The minimum absolute atomic E-state index is 0.893. The minimum Gasteiger partial charge on any atom is -0.398 e. The van der Waals surface area contributed by atoms with Crippen molar-refractivity contribution in [2.24, 2.45) is 0 Å². The van der Waals surface area contributed by atoms with Gasteiger partial charge in [-0.2, -0.15) is 0 Å². The fraction of sp³-hybridized carbons (Fsp3) is 0.333. The predicted molar refractivity (Wildman–Crippen MR) is 90.2 cm³/mol. The first-order valence-electron chi connectivity index (χ1n) is 7.20. The number of rotatable bonds is 3. The number of hydrogen-bond acceptors (Lipinski definition) is 2. The molecule has 2 N–H and O–H groups in total. The molecule has 20 heavy (non-hydrogen) atoms. The van der Waals surface area contributed by atoms with Crippen molar-refractivity contribution in [3.05, 3.63) is 59.2 Å². The second kappa shape index (κ2) is 7.59. The molecular formula is C18H26N2. The van der Waals surface area contributed by atoms with Crippen LogP contribution in [0.4, 0.5) is 11.4 Å². The highest BCUT2D eigenvalue weighted by molar-refractivity contribution is 5.67. The lowest BCUT2D eigenvalue weighted by molar-refractivity contribution is 0.917. The molecule has 0 aliphatic rings. The standard InChI is InChI=1S/C16H20N2.C2H6/c1-12-9-10-15(13(2)16(12)17)18(3)11-14-7-5-4-6-8-14;1-2/h4-10H,11,17H2,1-3H3;1-2H3. The molecule has 0 aliphatic carbocycles. The predicted octanol–water partition coefficient (Wildman–Crippen LogP) is 4.55. The normalized spacial score (nSPS) is 9.65. The van der Waals surface area contributed by atoms with Gasteiger partial charge in [-0.1, -0.05) is 50.2 Å². The zero-order valence-corrected chi connectivity index (χ0v) is 13.3. The highest BCUT2D eigenvalue weighted by atomic mass is 15.1. The van der Waals surface area contributed by atoms with Crippen molar-refractivity contribution < 1.29 is 0 Å². The van der Waals surface area contributed by atoms with E-state index in [9.17, 15) is 0 Å². The van der Waals surface area contributed by atoms with Gasteiger partial charge >= 0.3 is 0 Å². The third-order valence-corrected chi connectivity index (χ3v) is 3.38. The van der Waals surface area contributed by atoms with E-state index in [1.807, 2.05) is 26.8 Å². The third kappa shape index (κ3) is 3.77. The van der Waals surface area contributed by atoms with Crippen molar-refractivity contribution in [3.63, 3.8) is 0 Å². The fourth-order valence-electron chi connectivity index (χ4n) is 2.21. The maximum Gasteiger partial charge on any atom is 0.0426 e. The molecule has 0 fully saturated rings. The molecule has 0 aromatic heterocycles. The van der Waals surface area contributed by atoms with Crippen LogP contribution in [0.25, 0.3) is 0 Å². The maximum absolute atomic E-state index is 6.09. The van der Waals surface area contributed by atoms with Crippen LogP contribution < -0.4 is 10.6 Å². The largest absolute Gasteiger partial charge is 0.398 e. The summed E-state index contributed by atoms with van der Waals surface area (Å²) in [6, 6.07) is 14.7. The molecule has 2 aromatic rings. The summed E-state index contributed by atoms with van der Waals surface area (Å²) in [7, 11) is 2.10. The van der Waals surface area contributed by atoms with Crippen LogP contribution in [0.3, 0.4) is 0 Å². The summed E-state index contributed by atoms with van der Waals surface area (Å²) in [5.41, 5.74) is 11.8. The van der Waals surface area contributed by atoms with E-state index in [2.05, 4.69) is 55.3 Å². The van der Waals surface area contributed by atoms with Crippen LogP contribution in [0.2, 0.25) is 0 Å². The molecular weight excluding hydrogens is 244 g/mol. The van der Waals surface area contributed by atoms with Gasteiger partial charge in [-0.25, -0.2) is 0 Å². The van der Waals surface area contributed by atoms with Gasteiger partial charge in [-0.3, -0.25) is 0 Å². The molecule has 0 atom stereocenters. The third-order valence-electron chi connectivity index (χ3n) is 3.38. The van der Waals surface area contributed by atoms with E-state index in [4.69, 9.17) is 5.73 Å². The Morgan fingerprint density at radius 3 is 2.15 bits per heavy atom. The molecule has 0 spiro atoms. The van der Waals surface area contributed by atoms with Crippen LogP contribution in [0, 0.1) is 13.8 Å². The summed E-state index contributed by atoms with van der Waals surface area (Å²) in [5, 5.41) is 0. The Balaban J connectivity index is 0.000000956. The number of nitrogens with zero attached hydrogens (tertiary/aromatic N) is 1. The Bertz CT molecular complexity index is 533. The van der Waals surface area contributed by atoms with Gasteiger partial charge in [0, 0.05) is 25.0 Å². The Hall–Kier alpha value is -1.96. The van der Waals surface area contributed by atoms with Gasteiger partial charge in [0.1, 0.15) is 0 Å². The van der Waals surface area contributed by atoms with E-state index in [1.54, 1.807) is 0 Å². The summed E-state index contributed by atoms with van der Waals surface area (Å²) in [6.07, 6.45) is 0. The molecule has 0 amide bonds. The summed E-state index contributed by atoms with van der Waals surface area (Å²) in [6.45, 7) is 9.02. The molecule has 0 heterocycles. The number of nitrogen functional groups attached to an aromatic ring is 1. The van der Waals surface area contributed by atoms with Crippen molar-refractivity contribution in [3.8, 4) is 0 Å². The molecule has 0 bridgehead atoms. The van der Waals surface area contributed by atoms with E-state index in [0.717, 1.165) is 23.4 Å². The summed E-state index contributed by atoms with van der Waals surface area (Å²) < 4.78 is 0. The van der Waals surface area contributed by atoms with Crippen molar-refractivity contribution in [2.75, 3.05) is 17.7 Å². The minimum atomic E-state index is 0.893. The van der Waals surface area contributed by atoms with Gasteiger partial charge in [0.2, 0.25) is 0 Å². The number of benzene rings is 2. The van der Waals surface area contributed by atoms with Gasteiger partial charge < -0.3 is 10.6 Å². The maximum atomic E-state index is 6.09. The van der Waals surface area contributed by atoms with E-state index < -0.39 is 0 Å². The molecule has 2 heteroatoms. The van der Waals surface area contributed by atoms with Gasteiger partial charge in [-0.05, 0) is 36.6 Å². The van der Waals surface area contributed by atoms with E-state index in [1.165, 1.54) is 11.3 Å². The first-order valence-corrected chi connectivity index (χ1v) is 7.20. The Morgan fingerprint density at radius 1 is 0.950 bits per heavy atom. The van der Waals surface area contributed by atoms with Crippen molar-refractivity contribution in [1.82, 2.24) is 0 Å². The molecule has 0 saturated carbocycles. The smallest absolute Gasteiger partial charge is 0.0426 e. The van der Waals surface area contributed by atoms with Crippen molar-refractivity contribution in [2.45, 2.75) is 34.2 Å². The van der Waals surface area contributed by atoms with E-state index in [0.29, 0.717) is 0 Å². The van der Waals surface area contributed by atoms with E-state index >= 15 is 0 Å². The molecule has 2 aromatic carbocycles.